The highest BCUT2D eigenvalue weighted by atomic mass is 32.2. The van der Waals surface area contributed by atoms with Gasteiger partial charge in [0.1, 0.15) is 0 Å². The third-order valence-corrected chi connectivity index (χ3v) is 4.63. The normalized spacial score (nSPS) is 17.9. The Morgan fingerprint density at radius 1 is 1.05 bits per heavy atom. The fourth-order valence-electron chi connectivity index (χ4n) is 2.72. The van der Waals surface area contributed by atoms with Gasteiger partial charge >= 0.3 is 0 Å². The van der Waals surface area contributed by atoms with Gasteiger partial charge in [0.25, 0.3) is 0 Å². The Labute approximate surface area is 125 Å². The third kappa shape index (κ3) is 3.17. The van der Waals surface area contributed by atoms with Gasteiger partial charge in [-0.2, -0.15) is 0 Å². The van der Waals surface area contributed by atoms with Crippen LogP contribution in [0.25, 0.3) is 0 Å². The van der Waals surface area contributed by atoms with Gasteiger partial charge < -0.3 is 10.6 Å². The molecule has 0 aromatic heterocycles. The molecule has 0 radical (unpaired) electrons. The summed E-state index contributed by atoms with van der Waals surface area (Å²) in [6, 6.07) is 19.5. The summed E-state index contributed by atoms with van der Waals surface area (Å²) in [6.07, 6.45) is 0.999. The van der Waals surface area contributed by atoms with E-state index in [2.05, 4.69) is 59.5 Å². The molecule has 0 aliphatic carbocycles. The third-order valence-electron chi connectivity index (χ3n) is 3.64. The van der Waals surface area contributed by atoms with Crippen molar-refractivity contribution in [2.45, 2.75) is 17.4 Å². The van der Waals surface area contributed by atoms with Crippen LogP contribution in [0.3, 0.4) is 0 Å². The molecule has 104 valence electrons. The van der Waals surface area contributed by atoms with Crippen LogP contribution in [0.2, 0.25) is 0 Å². The van der Waals surface area contributed by atoms with E-state index in [1.807, 2.05) is 11.8 Å². The van der Waals surface area contributed by atoms with Crippen molar-refractivity contribution >= 4 is 17.4 Å². The Kier molecular flexibility index (Phi) is 4.28. The largest absolute Gasteiger partial charge is 0.369 e. The average Bonchev–Trinajstić information content (AvgIpc) is 2.48. The van der Waals surface area contributed by atoms with E-state index in [4.69, 9.17) is 5.73 Å². The van der Waals surface area contributed by atoms with E-state index in [9.17, 15) is 0 Å². The van der Waals surface area contributed by atoms with E-state index >= 15 is 0 Å². The number of nitrogens with zero attached hydrogens (tertiary/aromatic N) is 1. The highest BCUT2D eigenvalue weighted by Gasteiger charge is 2.20. The molecule has 1 atom stereocenters. The summed E-state index contributed by atoms with van der Waals surface area (Å²) in [7, 11) is 0. The van der Waals surface area contributed by atoms with Gasteiger partial charge in [0.05, 0.1) is 0 Å². The molecule has 20 heavy (non-hydrogen) atoms. The minimum atomic E-state index is 0.256. The van der Waals surface area contributed by atoms with Crippen molar-refractivity contribution in [2.75, 3.05) is 23.7 Å². The van der Waals surface area contributed by atoms with Crippen LogP contribution in [0, 0.1) is 0 Å². The van der Waals surface area contributed by atoms with Crippen LogP contribution in [0.15, 0.2) is 59.5 Å². The SMILES string of the molecule is NC1Cc2ccccc2N(CCSc2ccccc2)C1. The Balaban J connectivity index is 1.63. The lowest BCUT2D eigenvalue weighted by molar-refractivity contribution is 0.609. The lowest BCUT2D eigenvalue weighted by Gasteiger charge is -2.34. The summed E-state index contributed by atoms with van der Waals surface area (Å²) < 4.78 is 0. The van der Waals surface area contributed by atoms with Crippen LogP contribution in [0.4, 0.5) is 5.69 Å². The van der Waals surface area contributed by atoms with E-state index in [-0.39, 0.29) is 6.04 Å². The van der Waals surface area contributed by atoms with Crippen molar-refractivity contribution in [1.29, 1.82) is 0 Å². The van der Waals surface area contributed by atoms with Crippen molar-refractivity contribution < 1.29 is 0 Å². The summed E-state index contributed by atoms with van der Waals surface area (Å²) in [5.41, 5.74) is 8.92. The number of thioether (sulfide) groups is 1. The Morgan fingerprint density at radius 3 is 2.65 bits per heavy atom. The highest BCUT2D eigenvalue weighted by Crippen LogP contribution is 2.27. The van der Waals surface area contributed by atoms with Crippen LogP contribution in [-0.2, 0) is 6.42 Å². The van der Waals surface area contributed by atoms with Crippen molar-refractivity contribution in [3.8, 4) is 0 Å². The van der Waals surface area contributed by atoms with E-state index < -0.39 is 0 Å². The molecule has 0 amide bonds. The Morgan fingerprint density at radius 2 is 1.80 bits per heavy atom. The average molecular weight is 284 g/mol. The van der Waals surface area contributed by atoms with Gasteiger partial charge in [0.2, 0.25) is 0 Å². The topological polar surface area (TPSA) is 29.3 Å². The Bertz CT molecular complexity index is 556. The second-order valence-corrected chi connectivity index (χ2v) is 6.37. The lowest BCUT2D eigenvalue weighted by atomic mass is 9.99. The predicted molar refractivity (Wildman–Crippen MR) is 87.5 cm³/mol. The molecule has 0 saturated carbocycles. The second-order valence-electron chi connectivity index (χ2n) is 5.20. The fraction of sp³-hybridized carbons (Fsp3) is 0.294. The smallest absolute Gasteiger partial charge is 0.0400 e. The van der Waals surface area contributed by atoms with Crippen LogP contribution >= 0.6 is 11.8 Å². The first-order chi connectivity index (χ1) is 9.83. The van der Waals surface area contributed by atoms with Gasteiger partial charge in [-0.15, -0.1) is 11.8 Å². The first-order valence-electron chi connectivity index (χ1n) is 7.09. The standard InChI is InChI=1S/C17H20N2S/c18-15-12-14-6-4-5-9-17(14)19(13-15)10-11-20-16-7-2-1-3-8-16/h1-9,15H,10-13,18H2. The molecule has 1 aliphatic heterocycles. The molecule has 1 heterocycles. The van der Waals surface area contributed by atoms with Crippen molar-refractivity contribution in [3.05, 3.63) is 60.2 Å². The summed E-state index contributed by atoms with van der Waals surface area (Å²) in [5, 5.41) is 0. The van der Waals surface area contributed by atoms with E-state index in [1.54, 1.807) is 0 Å². The highest BCUT2D eigenvalue weighted by molar-refractivity contribution is 7.99. The molecule has 0 bridgehead atoms. The van der Waals surface area contributed by atoms with Gasteiger partial charge in [0.15, 0.2) is 0 Å². The molecule has 0 saturated heterocycles. The van der Waals surface area contributed by atoms with E-state index in [1.165, 1.54) is 16.1 Å². The zero-order chi connectivity index (χ0) is 13.8. The van der Waals surface area contributed by atoms with Crippen LogP contribution < -0.4 is 10.6 Å². The molecule has 2 N–H and O–H groups in total. The molecule has 2 aromatic carbocycles. The maximum absolute atomic E-state index is 6.17. The van der Waals surface area contributed by atoms with Crippen LogP contribution in [-0.4, -0.2) is 24.9 Å². The molecular formula is C17H20N2S. The molecule has 1 unspecified atom stereocenters. The summed E-state index contributed by atoms with van der Waals surface area (Å²) >= 11 is 1.91. The maximum atomic E-state index is 6.17. The molecule has 2 nitrogen and oxygen atoms in total. The number of benzene rings is 2. The number of hydrogen-bond acceptors (Lipinski definition) is 3. The number of anilines is 1. The maximum Gasteiger partial charge on any atom is 0.0400 e. The number of nitrogens with two attached hydrogens (primary N) is 1. The first-order valence-corrected chi connectivity index (χ1v) is 8.08. The molecule has 0 spiro atoms. The van der Waals surface area contributed by atoms with Crippen molar-refractivity contribution in [2.24, 2.45) is 5.73 Å². The zero-order valence-corrected chi connectivity index (χ0v) is 12.4. The molecule has 1 aliphatic rings. The lowest BCUT2D eigenvalue weighted by Crippen LogP contribution is -2.44. The van der Waals surface area contributed by atoms with Gasteiger partial charge in [-0.1, -0.05) is 36.4 Å². The second kappa shape index (κ2) is 6.33. The van der Waals surface area contributed by atoms with Crippen LogP contribution in [0.1, 0.15) is 5.56 Å². The quantitative estimate of drug-likeness (QED) is 0.874. The van der Waals surface area contributed by atoms with Gasteiger partial charge in [-0.3, -0.25) is 0 Å². The summed E-state index contributed by atoms with van der Waals surface area (Å²) in [6.45, 7) is 2.01. The van der Waals surface area contributed by atoms with Gasteiger partial charge in [-0.05, 0) is 30.2 Å². The molecular weight excluding hydrogens is 264 g/mol. The fourth-order valence-corrected chi connectivity index (χ4v) is 3.62. The molecule has 3 rings (SSSR count). The number of fused-ring (bicyclic) bond motifs is 1. The summed E-state index contributed by atoms with van der Waals surface area (Å²) in [4.78, 5) is 3.77. The molecule has 0 fully saturated rings. The van der Waals surface area contributed by atoms with E-state index in [0.717, 1.165) is 25.3 Å². The monoisotopic (exact) mass is 284 g/mol. The first kappa shape index (κ1) is 13.5. The van der Waals surface area contributed by atoms with Gasteiger partial charge in [0, 0.05) is 35.5 Å². The predicted octanol–water partition coefficient (Wildman–Crippen LogP) is 3.17. The van der Waals surface area contributed by atoms with Crippen molar-refractivity contribution in [3.63, 3.8) is 0 Å². The molecule has 3 heteroatoms. The van der Waals surface area contributed by atoms with Gasteiger partial charge in [-0.25, -0.2) is 0 Å². The van der Waals surface area contributed by atoms with Crippen LogP contribution in [0.5, 0.6) is 0 Å². The van der Waals surface area contributed by atoms with E-state index in [0.29, 0.717) is 0 Å². The number of para-hydroxylation sites is 1. The molecule has 2 aromatic rings. The van der Waals surface area contributed by atoms with Crippen molar-refractivity contribution in [1.82, 2.24) is 0 Å². The number of hydrogen-bond donors (Lipinski definition) is 1. The summed E-state index contributed by atoms with van der Waals surface area (Å²) in [5.74, 6) is 1.09. The minimum Gasteiger partial charge on any atom is -0.369 e. The minimum absolute atomic E-state index is 0.256. The Hall–Kier alpha value is -1.45. The zero-order valence-electron chi connectivity index (χ0n) is 11.5. The number of rotatable bonds is 4.